The SMILES string of the molecule is Nc1cc(Cl)nc(SCCc2cc3c(Cl)csc3c(Cl)n2)n1. The highest BCUT2D eigenvalue weighted by molar-refractivity contribution is 7.99. The van der Waals surface area contributed by atoms with Crippen LogP contribution in [-0.2, 0) is 6.42 Å². The Labute approximate surface area is 150 Å². The molecular weight excluding hydrogens is 383 g/mol. The van der Waals surface area contributed by atoms with Gasteiger partial charge >= 0.3 is 0 Å². The largest absolute Gasteiger partial charge is 0.384 e. The van der Waals surface area contributed by atoms with Gasteiger partial charge in [0.15, 0.2) is 5.16 Å². The number of halogens is 3. The minimum atomic E-state index is 0.336. The van der Waals surface area contributed by atoms with Gasteiger partial charge in [-0.3, -0.25) is 0 Å². The van der Waals surface area contributed by atoms with Gasteiger partial charge in [-0.25, -0.2) is 15.0 Å². The third kappa shape index (κ3) is 3.58. The molecule has 0 unspecified atom stereocenters. The van der Waals surface area contributed by atoms with Crippen molar-refractivity contribution in [3.8, 4) is 0 Å². The first-order valence-electron chi connectivity index (χ1n) is 6.18. The number of pyridine rings is 1. The Morgan fingerprint density at radius 3 is 2.73 bits per heavy atom. The molecule has 0 aliphatic heterocycles. The van der Waals surface area contributed by atoms with Gasteiger partial charge in [-0.05, 0) is 12.5 Å². The molecule has 4 nitrogen and oxygen atoms in total. The van der Waals surface area contributed by atoms with Gasteiger partial charge in [-0.1, -0.05) is 46.6 Å². The van der Waals surface area contributed by atoms with Crippen molar-refractivity contribution in [3.63, 3.8) is 0 Å². The molecule has 0 aliphatic rings. The van der Waals surface area contributed by atoms with E-state index in [-0.39, 0.29) is 0 Å². The summed E-state index contributed by atoms with van der Waals surface area (Å²) in [4.78, 5) is 12.6. The third-order valence-electron chi connectivity index (χ3n) is 2.81. The lowest BCUT2D eigenvalue weighted by Gasteiger charge is -2.04. The van der Waals surface area contributed by atoms with Crippen LogP contribution >= 0.6 is 57.9 Å². The van der Waals surface area contributed by atoms with Crippen LogP contribution in [0.3, 0.4) is 0 Å². The van der Waals surface area contributed by atoms with E-state index in [1.165, 1.54) is 29.2 Å². The van der Waals surface area contributed by atoms with Crippen LogP contribution in [0.1, 0.15) is 5.69 Å². The average Bonchev–Trinajstić information content (AvgIpc) is 2.80. The number of anilines is 1. The molecule has 0 atom stereocenters. The van der Waals surface area contributed by atoms with Crippen molar-refractivity contribution in [1.82, 2.24) is 15.0 Å². The maximum Gasteiger partial charge on any atom is 0.190 e. The Kier molecular flexibility index (Phi) is 4.94. The topological polar surface area (TPSA) is 64.7 Å². The van der Waals surface area contributed by atoms with Crippen molar-refractivity contribution in [1.29, 1.82) is 0 Å². The highest BCUT2D eigenvalue weighted by Gasteiger charge is 2.10. The van der Waals surface area contributed by atoms with Gasteiger partial charge < -0.3 is 5.73 Å². The van der Waals surface area contributed by atoms with Gasteiger partial charge in [-0.2, -0.15) is 0 Å². The van der Waals surface area contributed by atoms with Gasteiger partial charge in [0.1, 0.15) is 16.1 Å². The molecule has 9 heteroatoms. The lowest BCUT2D eigenvalue weighted by atomic mass is 10.2. The van der Waals surface area contributed by atoms with Crippen LogP contribution in [0.5, 0.6) is 0 Å². The summed E-state index contributed by atoms with van der Waals surface area (Å²) in [6, 6.07) is 3.48. The summed E-state index contributed by atoms with van der Waals surface area (Å²) in [6.45, 7) is 0. The normalized spacial score (nSPS) is 11.2. The third-order valence-corrected chi connectivity index (χ3v) is 5.68. The summed E-state index contributed by atoms with van der Waals surface area (Å²) in [5, 5.41) is 4.87. The highest BCUT2D eigenvalue weighted by atomic mass is 35.5. The maximum absolute atomic E-state index is 6.19. The summed E-state index contributed by atoms with van der Waals surface area (Å²) in [5.74, 6) is 1.09. The number of thiophene rings is 1. The smallest absolute Gasteiger partial charge is 0.190 e. The number of rotatable bonds is 4. The molecule has 0 aromatic carbocycles. The van der Waals surface area contributed by atoms with Gasteiger partial charge in [0.25, 0.3) is 0 Å². The first kappa shape index (κ1) is 16.1. The van der Waals surface area contributed by atoms with Crippen LogP contribution in [-0.4, -0.2) is 20.7 Å². The molecule has 0 aliphatic carbocycles. The predicted octanol–water partition coefficient (Wildman–Crippen LogP) is 4.96. The molecule has 0 saturated carbocycles. The fourth-order valence-corrected chi connectivity index (χ4v) is 4.41. The number of thioether (sulfide) groups is 1. The summed E-state index contributed by atoms with van der Waals surface area (Å²) in [6.07, 6.45) is 0.711. The second-order valence-electron chi connectivity index (χ2n) is 4.36. The predicted molar refractivity (Wildman–Crippen MR) is 95.5 cm³/mol. The number of aryl methyl sites for hydroxylation is 1. The van der Waals surface area contributed by atoms with Gasteiger partial charge in [-0.15, -0.1) is 11.3 Å². The Morgan fingerprint density at radius 1 is 1.14 bits per heavy atom. The van der Waals surface area contributed by atoms with Crippen LogP contribution in [0, 0.1) is 0 Å². The highest BCUT2D eigenvalue weighted by Crippen LogP contribution is 2.34. The first-order chi connectivity index (χ1) is 10.5. The van der Waals surface area contributed by atoms with E-state index >= 15 is 0 Å². The van der Waals surface area contributed by atoms with E-state index in [4.69, 9.17) is 40.5 Å². The standard InChI is InChI=1S/C13H9Cl3N4S2/c14-8-5-22-11-7(8)3-6(18-12(11)16)1-2-21-13-19-9(15)4-10(17)20-13/h3-5H,1-2H2,(H2,17,19,20). The minimum Gasteiger partial charge on any atom is -0.384 e. The number of hydrogen-bond donors (Lipinski definition) is 1. The van der Waals surface area contributed by atoms with E-state index in [1.54, 1.807) is 0 Å². The molecule has 0 fully saturated rings. The number of fused-ring (bicyclic) bond motifs is 1. The van der Waals surface area contributed by atoms with Crippen molar-refractivity contribution in [2.45, 2.75) is 11.6 Å². The Bertz CT molecular complexity index is 817. The molecule has 0 bridgehead atoms. The van der Waals surface area contributed by atoms with Crippen LogP contribution in [0.25, 0.3) is 10.1 Å². The van der Waals surface area contributed by atoms with E-state index in [1.807, 2.05) is 11.4 Å². The van der Waals surface area contributed by atoms with Crippen molar-refractivity contribution in [2.24, 2.45) is 0 Å². The number of hydrogen-bond acceptors (Lipinski definition) is 6. The maximum atomic E-state index is 6.19. The van der Waals surface area contributed by atoms with Crippen molar-refractivity contribution >= 4 is 73.8 Å². The zero-order valence-corrected chi connectivity index (χ0v) is 14.9. The van der Waals surface area contributed by atoms with Crippen LogP contribution in [0.15, 0.2) is 22.7 Å². The van der Waals surface area contributed by atoms with Crippen LogP contribution < -0.4 is 5.73 Å². The molecule has 2 N–H and O–H groups in total. The molecule has 0 radical (unpaired) electrons. The van der Waals surface area contributed by atoms with Crippen molar-refractivity contribution in [2.75, 3.05) is 11.5 Å². The molecule has 3 aromatic heterocycles. The molecule has 3 aromatic rings. The summed E-state index contributed by atoms with van der Waals surface area (Å²) < 4.78 is 0.911. The summed E-state index contributed by atoms with van der Waals surface area (Å²) in [7, 11) is 0. The van der Waals surface area contributed by atoms with E-state index in [0.29, 0.717) is 32.7 Å². The lowest BCUT2D eigenvalue weighted by molar-refractivity contribution is 0.969. The number of nitrogens with two attached hydrogens (primary N) is 1. The molecular formula is C13H9Cl3N4S2. The van der Waals surface area contributed by atoms with Gasteiger partial charge in [0, 0.05) is 28.3 Å². The molecule has 0 spiro atoms. The summed E-state index contributed by atoms with van der Waals surface area (Å²) >= 11 is 21.1. The fourth-order valence-electron chi connectivity index (χ4n) is 1.87. The number of nitrogen functional groups attached to an aromatic ring is 1. The zero-order valence-electron chi connectivity index (χ0n) is 11.0. The van der Waals surface area contributed by atoms with Crippen molar-refractivity contribution in [3.05, 3.63) is 38.5 Å². The zero-order chi connectivity index (χ0) is 15.7. The number of nitrogens with zero attached hydrogens (tertiary/aromatic N) is 3. The Morgan fingerprint density at radius 2 is 1.95 bits per heavy atom. The van der Waals surface area contributed by atoms with Crippen LogP contribution in [0.2, 0.25) is 15.3 Å². The Balaban J connectivity index is 1.72. The number of aromatic nitrogens is 3. The first-order valence-corrected chi connectivity index (χ1v) is 9.18. The molecule has 3 rings (SSSR count). The van der Waals surface area contributed by atoms with E-state index in [0.717, 1.165) is 21.5 Å². The van der Waals surface area contributed by atoms with E-state index in [2.05, 4.69) is 15.0 Å². The molecule has 0 saturated heterocycles. The second-order valence-corrected chi connectivity index (χ2v) is 7.46. The Hall–Kier alpha value is -0.790. The molecule has 0 amide bonds. The van der Waals surface area contributed by atoms with Gasteiger partial charge in [0.2, 0.25) is 0 Å². The molecule has 3 heterocycles. The monoisotopic (exact) mass is 390 g/mol. The second kappa shape index (κ2) is 6.76. The van der Waals surface area contributed by atoms with Gasteiger partial charge in [0.05, 0.1) is 9.72 Å². The average molecular weight is 392 g/mol. The summed E-state index contributed by atoms with van der Waals surface area (Å²) in [5.41, 5.74) is 6.51. The lowest BCUT2D eigenvalue weighted by Crippen LogP contribution is -1.97. The van der Waals surface area contributed by atoms with Crippen molar-refractivity contribution < 1.29 is 0 Å². The molecule has 22 heavy (non-hydrogen) atoms. The fraction of sp³-hybridized carbons (Fsp3) is 0.154. The minimum absolute atomic E-state index is 0.336. The molecule has 114 valence electrons. The van der Waals surface area contributed by atoms with Crippen LogP contribution in [0.4, 0.5) is 5.82 Å². The quantitative estimate of drug-likeness (QED) is 0.294. The van der Waals surface area contributed by atoms with E-state index < -0.39 is 0 Å². The van der Waals surface area contributed by atoms with E-state index in [9.17, 15) is 0 Å².